The highest BCUT2D eigenvalue weighted by atomic mass is 19.1. The Morgan fingerprint density at radius 2 is 2.16 bits per heavy atom. The van der Waals surface area contributed by atoms with E-state index in [4.69, 9.17) is 5.84 Å². The molecule has 19 heavy (non-hydrogen) atoms. The minimum atomic E-state index is -0.383. The predicted molar refractivity (Wildman–Crippen MR) is 74.2 cm³/mol. The average Bonchev–Trinajstić information content (AvgIpc) is 2.90. The minimum Gasteiger partial charge on any atom is -0.351 e. The van der Waals surface area contributed by atoms with Crippen molar-refractivity contribution in [3.63, 3.8) is 0 Å². The Morgan fingerprint density at radius 1 is 1.47 bits per heavy atom. The van der Waals surface area contributed by atoms with Crippen LogP contribution in [-0.4, -0.2) is 22.6 Å². The van der Waals surface area contributed by atoms with Crippen molar-refractivity contribution >= 4 is 11.8 Å². The van der Waals surface area contributed by atoms with E-state index < -0.39 is 0 Å². The summed E-state index contributed by atoms with van der Waals surface area (Å²) in [5.74, 6) is 5.99. The third kappa shape index (κ3) is 3.32. The second kappa shape index (κ2) is 6.14. The molecular formula is C13H22FN5. The summed E-state index contributed by atoms with van der Waals surface area (Å²) in [5.41, 5.74) is 2.38. The molecule has 0 radical (unpaired) electrons. The quantitative estimate of drug-likeness (QED) is 0.633. The first kappa shape index (κ1) is 14.0. The Balaban J connectivity index is 2.30. The molecule has 106 valence electrons. The molecule has 0 saturated heterocycles. The van der Waals surface area contributed by atoms with E-state index in [2.05, 4.69) is 34.1 Å². The van der Waals surface area contributed by atoms with E-state index in [1.165, 1.54) is 19.0 Å². The van der Waals surface area contributed by atoms with Gasteiger partial charge in [0.15, 0.2) is 11.6 Å². The van der Waals surface area contributed by atoms with Gasteiger partial charge >= 0.3 is 0 Å². The lowest BCUT2D eigenvalue weighted by Gasteiger charge is -2.31. The van der Waals surface area contributed by atoms with Crippen molar-refractivity contribution in [3.8, 4) is 0 Å². The van der Waals surface area contributed by atoms with Gasteiger partial charge in [-0.25, -0.2) is 15.2 Å². The summed E-state index contributed by atoms with van der Waals surface area (Å²) < 4.78 is 14.0. The van der Waals surface area contributed by atoms with Gasteiger partial charge in [-0.2, -0.15) is 4.98 Å². The summed E-state index contributed by atoms with van der Waals surface area (Å²) in [6.07, 6.45) is 5.78. The summed E-state index contributed by atoms with van der Waals surface area (Å²) in [4.78, 5) is 10.1. The number of hydrogen-bond acceptors (Lipinski definition) is 5. The van der Waals surface area contributed by atoms with Gasteiger partial charge in [-0.3, -0.25) is 5.43 Å². The molecule has 1 aromatic heterocycles. The topological polar surface area (TPSA) is 67.1 Å². The highest BCUT2D eigenvalue weighted by Crippen LogP contribution is 2.29. The van der Waals surface area contributed by atoms with Crippen LogP contribution in [0.25, 0.3) is 0 Å². The third-order valence-electron chi connectivity index (χ3n) is 3.45. The largest absolute Gasteiger partial charge is 0.351 e. The number of anilines is 2. The van der Waals surface area contributed by atoms with Crippen molar-refractivity contribution in [1.82, 2.24) is 9.97 Å². The first-order chi connectivity index (χ1) is 9.11. The summed E-state index contributed by atoms with van der Waals surface area (Å²) in [6, 6.07) is 0.373. The molecule has 0 amide bonds. The third-order valence-corrected chi connectivity index (χ3v) is 3.45. The van der Waals surface area contributed by atoms with Gasteiger partial charge < -0.3 is 4.90 Å². The zero-order valence-electron chi connectivity index (χ0n) is 11.6. The molecule has 0 atom stereocenters. The molecule has 1 heterocycles. The van der Waals surface area contributed by atoms with E-state index in [0.29, 0.717) is 17.8 Å². The highest BCUT2D eigenvalue weighted by molar-refractivity contribution is 5.45. The van der Waals surface area contributed by atoms with Crippen molar-refractivity contribution in [3.05, 3.63) is 12.0 Å². The van der Waals surface area contributed by atoms with Gasteiger partial charge in [-0.1, -0.05) is 26.7 Å². The second-order valence-electron chi connectivity index (χ2n) is 5.49. The fraction of sp³-hybridized carbons (Fsp3) is 0.692. The highest BCUT2D eigenvalue weighted by Gasteiger charge is 2.26. The minimum absolute atomic E-state index is 0.253. The van der Waals surface area contributed by atoms with E-state index in [0.717, 1.165) is 19.4 Å². The van der Waals surface area contributed by atoms with Crippen molar-refractivity contribution in [1.29, 1.82) is 0 Å². The molecule has 1 aliphatic rings. The van der Waals surface area contributed by atoms with Gasteiger partial charge in [0.2, 0.25) is 5.95 Å². The van der Waals surface area contributed by atoms with Crippen LogP contribution in [-0.2, 0) is 0 Å². The molecule has 1 aromatic rings. The molecule has 0 aromatic carbocycles. The summed E-state index contributed by atoms with van der Waals surface area (Å²) in [7, 11) is 0. The standard InChI is InChI=1S/C13H22FN5/c1-9(2)8-19(10-5-3-4-6-10)12-11(14)7-16-13(17-12)18-15/h7,9-10H,3-6,8,15H2,1-2H3,(H,16,17,18). The average molecular weight is 267 g/mol. The lowest BCUT2D eigenvalue weighted by Crippen LogP contribution is -2.37. The number of hydrogen-bond donors (Lipinski definition) is 2. The van der Waals surface area contributed by atoms with Gasteiger partial charge in [-0.05, 0) is 18.8 Å². The van der Waals surface area contributed by atoms with E-state index in [9.17, 15) is 4.39 Å². The Kier molecular flexibility index (Phi) is 4.52. The van der Waals surface area contributed by atoms with Crippen LogP contribution >= 0.6 is 0 Å². The molecule has 1 aliphatic carbocycles. The molecule has 0 unspecified atom stereocenters. The lowest BCUT2D eigenvalue weighted by molar-refractivity contribution is 0.512. The fourth-order valence-corrected chi connectivity index (χ4v) is 2.65. The maximum Gasteiger partial charge on any atom is 0.239 e. The van der Waals surface area contributed by atoms with E-state index in [1.54, 1.807) is 0 Å². The molecule has 6 heteroatoms. The van der Waals surface area contributed by atoms with Gasteiger partial charge in [0, 0.05) is 12.6 Å². The van der Waals surface area contributed by atoms with Crippen LogP contribution in [0.1, 0.15) is 39.5 Å². The predicted octanol–water partition coefficient (Wildman–Crippen LogP) is 2.31. The molecule has 1 saturated carbocycles. The summed E-state index contributed by atoms with van der Waals surface area (Å²) >= 11 is 0. The van der Waals surface area contributed by atoms with Crippen LogP contribution < -0.4 is 16.2 Å². The number of rotatable bonds is 5. The molecule has 0 spiro atoms. The number of aromatic nitrogens is 2. The Labute approximate surface area is 113 Å². The molecule has 0 bridgehead atoms. The van der Waals surface area contributed by atoms with Crippen LogP contribution in [0.5, 0.6) is 0 Å². The van der Waals surface area contributed by atoms with Gasteiger partial charge in [0.25, 0.3) is 0 Å². The van der Waals surface area contributed by atoms with Gasteiger partial charge in [-0.15, -0.1) is 0 Å². The number of nitrogens with zero attached hydrogens (tertiary/aromatic N) is 3. The Morgan fingerprint density at radius 3 is 2.74 bits per heavy atom. The second-order valence-corrected chi connectivity index (χ2v) is 5.49. The first-order valence-electron chi connectivity index (χ1n) is 6.87. The molecule has 5 nitrogen and oxygen atoms in total. The molecule has 0 aliphatic heterocycles. The van der Waals surface area contributed by atoms with Crippen LogP contribution in [0.4, 0.5) is 16.2 Å². The zero-order chi connectivity index (χ0) is 13.8. The Bertz CT molecular complexity index is 417. The molecule has 2 rings (SSSR count). The monoisotopic (exact) mass is 267 g/mol. The fourth-order valence-electron chi connectivity index (χ4n) is 2.65. The number of halogens is 1. The van der Waals surface area contributed by atoms with Crippen LogP contribution in [0.2, 0.25) is 0 Å². The molecule has 1 fully saturated rings. The Hall–Kier alpha value is -1.43. The number of nitrogen functional groups attached to an aromatic ring is 1. The van der Waals surface area contributed by atoms with Crippen LogP contribution in [0.3, 0.4) is 0 Å². The number of nitrogens with two attached hydrogens (primary N) is 1. The SMILES string of the molecule is CC(C)CN(c1nc(NN)ncc1F)C1CCCC1. The zero-order valence-corrected chi connectivity index (χ0v) is 11.6. The maximum absolute atomic E-state index is 14.0. The molecule has 3 N–H and O–H groups in total. The van der Waals surface area contributed by atoms with Gasteiger partial charge in [0.1, 0.15) is 0 Å². The van der Waals surface area contributed by atoms with E-state index in [1.807, 2.05) is 0 Å². The van der Waals surface area contributed by atoms with Crippen molar-refractivity contribution in [2.24, 2.45) is 11.8 Å². The van der Waals surface area contributed by atoms with Crippen LogP contribution in [0, 0.1) is 11.7 Å². The van der Waals surface area contributed by atoms with E-state index in [-0.39, 0.29) is 11.8 Å². The van der Waals surface area contributed by atoms with Crippen molar-refractivity contribution in [2.45, 2.75) is 45.6 Å². The lowest BCUT2D eigenvalue weighted by atomic mass is 10.1. The summed E-state index contributed by atoms with van der Waals surface area (Å²) in [5, 5.41) is 0. The summed E-state index contributed by atoms with van der Waals surface area (Å²) in [6.45, 7) is 5.05. The van der Waals surface area contributed by atoms with E-state index >= 15 is 0 Å². The smallest absolute Gasteiger partial charge is 0.239 e. The molecular weight excluding hydrogens is 245 g/mol. The van der Waals surface area contributed by atoms with Gasteiger partial charge in [0.05, 0.1) is 6.20 Å². The normalized spacial score (nSPS) is 16.1. The van der Waals surface area contributed by atoms with Crippen molar-refractivity contribution in [2.75, 3.05) is 16.9 Å². The van der Waals surface area contributed by atoms with Crippen LogP contribution in [0.15, 0.2) is 6.20 Å². The first-order valence-corrected chi connectivity index (χ1v) is 6.87. The maximum atomic E-state index is 14.0. The number of nitrogens with one attached hydrogen (secondary N) is 1. The van der Waals surface area contributed by atoms with Crippen molar-refractivity contribution < 1.29 is 4.39 Å². The number of hydrazine groups is 1.